The molecule has 26 heavy (non-hydrogen) atoms. The summed E-state index contributed by atoms with van der Waals surface area (Å²) in [5.74, 6) is -0.833. The number of nitrogens with two attached hydrogens (primary N) is 1. The van der Waals surface area contributed by atoms with E-state index in [9.17, 15) is 14.7 Å². The number of carbonyl (C=O) groups excluding carboxylic acids is 2. The van der Waals surface area contributed by atoms with E-state index in [4.69, 9.17) is 5.73 Å². The van der Waals surface area contributed by atoms with Crippen molar-refractivity contribution in [2.24, 2.45) is 12.8 Å². The van der Waals surface area contributed by atoms with Gasteiger partial charge in [-0.15, -0.1) is 0 Å². The highest BCUT2D eigenvalue weighted by atomic mass is 16.3. The van der Waals surface area contributed by atoms with Gasteiger partial charge in [-0.3, -0.25) is 9.59 Å². The summed E-state index contributed by atoms with van der Waals surface area (Å²) in [5, 5.41) is 12.8. The summed E-state index contributed by atoms with van der Waals surface area (Å²) in [4.78, 5) is 28.0. The number of aliphatic hydroxyl groups excluding tert-OH is 1. The SMILES string of the molecule is Cn1ccc2c(C(=O)NCCC(N)=O)nc(-c3cccc(CO)c3)cc21. The molecular formula is C19H20N4O3. The second kappa shape index (κ2) is 7.37. The zero-order valence-electron chi connectivity index (χ0n) is 14.4. The first-order valence-electron chi connectivity index (χ1n) is 8.22. The van der Waals surface area contributed by atoms with E-state index in [0.717, 1.165) is 22.0 Å². The third-order valence-electron chi connectivity index (χ3n) is 4.16. The van der Waals surface area contributed by atoms with Crippen molar-refractivity contribution in [2.75, 3.05) is 6.54 Å². The number of pyridine rings is 1. The fourth-order valence-corrected chi connectivity index (χ4v) is 2.80. The molecule has 0 bridgehead atoms. The van der Waals surface area contributed by atoms with E-state index in [0.29, 0.717) is 5.69 Å². The van der Waals surface area contributed by atoms with Crippen molar-refractivity contribution in [3.8, 4) is 11.3 Å². The van der Waals surface area contributed by atoms with Crippen molar-refractivity contribution >= 4 is 22.7 Å². The Balaban J connectivity index is 2.04. The molecule has 0 aliphatic carbocycles. The molecule has 0 radical (unpaired) electrons. The number of aryl methyl sites for hydroxylation is 1. The Labute approximate surface area is 150 Å². The first-order valence-corrected chi connectivity index (χ1v) is 8.22. The second-order valence-corrected chi connectivity index (χ2v) is 6.05. The summed E-state index contributed by atoms with van der Waals surface area (Å²) in [6, 6.07) is 11.1. The molecule has 2 aromatic heterocycles. The molecule has 134 valence electrons. The van der Waals surface area contributed by atoms with E-state index < -0.39 is 5.91 Å². The average Bonchev–Trinajstić information content (AvgIpc) is 3.01. The number of primary amides is 1. The van der Waals surface area contributed by atoms with Crippen molar-refractivity contribution in [1.82, 2.24) is 14.9 Å². The van der Waals surface area contributed by atoms with Gasteiger partial charge in [0.2, 0.25) is 5.91 Å². The highest BCUT2D eigenvalue weighted by Gasteiger charge is 2.16. The number of aliphatic hydroxyl groups is 1. The average molecular weight is 352 g/mol. The minimum atomic E-state index is -0.474. The molecule has 0 aliphatic heterocycles. The van der Waals surface area contributed by atoms with Crippen molar-refractivity contribution < 1.29 is 14.7 Å². The van der Waals surface area contributed by atoms with Gasteiger partial charge in [-0.25, -0.2) is 4.98 Å². The molecule has 4 N–H and O–H groups in total. The Kier molecular flexibility index (Phi) is 4.99. The van der Waals surface area contributed by atoms with Gasteiger partial charge in [0.15, 0.2) is 0 Å². The number of hydrogen-bond acceptors (Lipinski definition) is 4. The first kappa shape index (κ1) is 17.6. The maximum atomic E-state index is 12.6. The fraction of sp³-hybridized carbons (Fsp3) is 0.211. The fourth-order valence-electron chi connectivity index (χ4n) is 2.80. The van der Waals surface area contributed by atoms with E-state index >= 15 is 0 Å². The molecule has 7 nitrogen and oxygen atoms in total. The number of fused-ring (bicyclic) bond motifs is 1. The van der Waals surface area contributed by atoms with Crippen LogP contribution in [0.15, 0.2) is 42.6 Å². The van der Waals surface area contributed by atoms with E-state index in [1.165, 1.54) is 0 Å². The molecular weight excluding hydrogens is 332 g/mol. The summed E-state index contributed by atoms with van der Waals surface area (Å²) < 4.78 is 1.91. The number of rotatable bonds is 6. The lowest BCUT2D eigenvalue weighted by atomic mass is 10.1. The second-order valence-electron chi connectivity index (χ2n) is 6.05. The molecule has 3 rings (SSSR count). The molecule has 0 saturated carbocycles. The van der Waals surface area contributed by atoms with E-state index in [1.54, 1.807) is 0 Å². The van der Waals surface area contributed by atoms with Crippen LogP contribution in [0.1, 0.15) is 22.5 Å². The highest BCUT2D eigenvalue weighted by molar-refractivity contribution is 6.05. The van der Waals surface area contributed by atoms with Crippen LogP contribution in [0, 0.1) is 0 Å². The lowest BCUT2D eigenvalue weighted by Gasteiger charge is -2.10. The zero-order valence-corrected chi connectivity index (χ0v) is 14.4. The van der Waals surface area contributed by atoms with Gasteiger partial charge in [0.05, 0.1) is 17.8 Å². The van der Waals surface area contributed by atoms with Gasteiger partial charge < -0.3 is 20.7 Å². The number of hydrogen-bond donors (Lipinski definition) is 3. The van der Waals surface area contributed by atoms with Gasteiger partial charge in [0, 0.05) is 37.2 Å². The van der Waals surface area contributed by atoms with Gasteiger partial charge in [-0.05, 0) is 23.8 Å². The summed E-state index contributed by atoms with van der Waals surface area (Å²) in [5.41, 5.74) is 8.48. The molecule has 0 unspecified atom stereocenters. The number of nitrogens with zero attached hydrogens (tertiary/aromatic N) is 2. The van der Waals surface area contributed by atoms with Crippen LogP contribution in [0.3, 0.4) is 0 Å². The lowest BCUT2D eigenvalue weighted by molar-refractivity contribution is -0.117. The predicted octanol–water partition coefficient (Wildman–Crippen LogP) is 1.34. The van der Waals surface area contributed by atoms with Gasteiger partial charge in [-0.1, -0.05) is 18.2 Å². The zero-order chi connectivity index (χ0) is 18.7. The van der Waals surface area contributed by atoms with Gasteiger partial charge in [0.25, 0.3) is 5.91 Å². The molecule has 0 saturated heterocycles. The van der Waals surface area contributed by atoms with Crippen molar-refractivity contribution in [3.05, 3.63) is 53.9 Å². The Morgan fingerprint density at radius 1 is 1.27 bits per heavy atom. The molecule has 0 fully saturated rings. The van der Waals surface area contributed by atoms with Crippen LogP contribution < -0.4 is 11.1 Å². The Hall–Kier alpha value is -3.19. The van der Waals surface area contributed by atoms with E-state index in [2.05, 4.69) is 10.3 Å². The van der Waals surface area contributed by atoms with Crippen LogP contribution in [-0.4, -0.2) is 33.0 Å². The molecule has 2 amide bonds. The van der Waals surface area contributed by atoms with Crippen LogP contribution in [0.4, 0.5) is 0 Å². The minimum absolute atomic E-state index is 0.0688. The van der Waals surface area contributed by atoms with Crippen LogP contribution in [0.25, 0.3) is 22.2 Å². The topological polar surface area (TPSA) is 110 Å². The molecule has 0 atom stereocenters. The minimum Gasteiger partial charge on any atom is -0.392 e. The predicted molar refractivity (Wildman–Crippen MR) is 98.2 cm³/mol. The van der Waals surface area contributed by atoms with Gasteiger partial charge >= 0.3 is 0 Å². The van der Waals surface area contributed by atoms with E-state index in [-0.39, 0.29) is 31.2 Å². The van der Waals surface area contributed by atoms with E-state index in [1.807, 2.05) is 54.2 Å². The van der Waals surface area contributed by atoms with Crippen molar-refractivity contribution in [1.29, 1.82) is 0 Å². The number of nitrogens with one attached hydrogen (secondary N) is 1. The Bertz CT molecular complexity index is 978. The smallest absolute Gasteiger partial charge is 0.270 e. The van der Waals surface area contributed by atoms with Crippen LogP contribution in [-0.2, 0) is 18.4 Å². The quantitative estimate of drug-likeness (QED) is 0.622. The normalized spacial score (nSPS) is 10.8. The Morgan fingerprint density at radius 3 is 2.81 bits per heavy atom. The summed E-state index contributed by atoms with van der Waals surface area (Å²) >= 11 is 0. The van der Waals surface area contributed by atoms with Crippen molar-refractivity contribution in [2.45, 2.75) is 13.0 Å². The number of carbonyl (C=O) groups is 2. The van der Waals surface area contributed by atoms with Gasteiger partial charge in [-0.2, -0.15) is 0 Å². The van der Waals surface area contributed by atoms with Gasteiger partial charge in [0.1, 0.15) is 5.69 Å². The Morgan fingerprint density at radius 2 is 2.08 bits per heavy atom. The summed E-state index contributed by atoms with van der Waals surface area (Å²) in [7, 11) is 1.89. The first-order chi connectivity index (χ1) is 12.5. The molecule has 3 aromatic rings. The molecule has 2 heterocycles. The molecule has 0 aliphatic rings. The summed E-state index contributed by atoms with van der Waals surface area (Å²) in [6.45, 7) is 0.0924. The lowest BCUT2D eigenvalue weighted by Crippen LogP contribution is -2.28. The number of amides is 2. The number of benzene rings is 1. The maximum Gasteiger partial charge on any atom is 0.270 e. The summed E-state index contributed by atoms with van der Waals surface area (Å²) in [6.07, 6.45) is 1.93. The third-order valence-corrected chi connectivity index (χ3v) is 4.16. The molecule has 0 spiro atoms. The number of aromatic nitrogens is 2. The van der Waals surface area contributed by atoms with Crippen molar-refractivity contribution in [3.63, 3.8) is 0 Å². The highest BCUT2D eigenvalue weighted by Crippen LogP contribution is 2.26. The van der Waals surface area contributed by atoms with Crippen LogP contribution >= 0.6 is 0 Å². The molecule has 7 heteroatoms. The maximum absolute atomic E-state index is 12.6. The van der Waals surface area contributed by atoms with Crippen LogP contribution in [0.2, 0.25) is 0 Å². The van der Waals surface area contributed by atoms with Crippen LogP contribution in [0.5, 0.6) is 0 Å². The standard InChI is InChI=1S/C19H20N4O3/c1-23-8-6-14-16(23)10-15(13-4-2-3-12(9-13)11-24)22-18(14)19(26)21-7-5-17(20)25/h2-4,6,8-10,24H,5,7,11H2,1H3,(H2,20,25)(H,21,26). The largest absolute Gasteiger partial charge is 0.392 e. The molecule has 1 aromatic carbocycles. The monoisotopic (exact) mass is 352 g/mol. The third kappa shape index (κ3) is 3.57.